The summed E-state index contributed by atoms with van der Waals surface area (Å²) in [6.45, 7) is 5.02. The van der Waals surface area contributed by atoms with Crippen LogP contribution in [0.15, 0.2) is 17.0 Å². The molecule has 1 aliphatic heterocycles. The smallest absolute Gasteiger partial charge is 0.150 e. The van der Waals surface area contributed by atoms with Gasteiger partial charge in [-0.1, -0.05) is 0 Å². The van der Waals surface area contributed by atoms with Crippen LogP contribution >= 0.6 is 15.9 Å². The Morgan fingerprint density at radius 3 is 3.05 bits per heavy atom. The predicted octanol–water partition coefficient (Wildman–Crippen LogP) is 2.75. The van der Waals surface area contributed by atoms with Crippen LogP contribution < -0.4 is 5.73 Å². The third-order valence-electron chi connectivity index (χ3n) is 3.63. The van der Waals surface area contributed by atoms with E-state index in [4.69, 9.17) is 10.5 Å². The van der Waals surface area contributed by atoms with Crippen molar-refractivity contribution in [3.63, 3.8) is 0 Å². The quantitative estimate of drug-likeness (QED) is 0.875. The number of hydrogen-bond acceptors (Lipinski definition) is 4. The van der Waals surface area contributed by atoms with E-state index in [1.54, 1.807) is 6.20 Å². The van der Waals surface area contributed by atoms with E-state index in [1.165, 1.54) is 0 Å². The summed E-state index contributed by atoms with van der Waals surface area (Å²) >= 11 is 3.48. The summed E-state index contributed by atoms with van der Waals surface area (Å²) in [5, 5.41) is 0. The molecular formula is C13H17BrN4O. The molecule has 0 saturated carbocycles. The highest BCUT2D eigenvalue weighted by Crippen LogP contribution is 2.37. The number of fused-ring (bicyclic) bond motifs is 1. The summed E-state index contributed by atoms with van der Waals surface area (Å²) in [5.74, 6) is 1.91. The maximum Gasteiger partial charge on any atom is 0.150 e. The Labute approximate surface area is 120 Å². The number of rotatable bonds is 1. The van der Waals surface area contributed by atoms with Gasteiger partial charge in [0.25, 0.3) is 0 Å². The molecule has 0 amide bonds. The Balaban J connectivity index is 2.08. The number of nitrogens with zero attached hydrogens (tertiary/aromatic N) is 3. The van der Waals surface area contributed by atoms with Gasteiger partial charge in [0.1, 0.15) is 15.9 Å². The first-order chi connectivity index (χ1) is 8.98. The van der Waals surface area contributed by atoms with E-state index in [-0.39, 0.29) is 5.60 Å². The van der Waals surface area contributed by atoms with Gasteiger partial charge in [-0.2, -0.15) is 0 Å². The summed E-state index contributed by atoms with van der Waals surface area (Å²) < 4.78 is 8.58. The minimum absolute atomic E-state index is 0.0974. The van der Waals surface area contributed by atoms with Crippen LogP contribution in [0.5, 0.6) is 0 Å². The van der Waals surface area contributed by atoms with Crippen LogP contribution in [0.2, 0.25) is 0 Å². The Morgan fingerprint density at radius 2 is 2.32 bits per heavy atom. The van der Waals surface area contributed by atoms with Crippen molar-refractivity contribution in [3.05, 3.63) is 22.8 Å². The largest absolute Gasteiger partial charge is 0.382 e. The van der Waals surface area contributed by atoms with Crippen molar-refractivity contribution in [2.24, 2.45) is 0 Å². The molecule has 1 atom stereocenters. The van der Waals surface area contributed by atoms with E-state index in [1.807, 2.05) is 10.6 Å². The molecule has 2 aromatic rings. The molecule has 0 spiro atoms. The number of halogens is 1. The second-order valence-electron chi connectivity index (χ2n) is 5.59. The van der Waals surface area contributed by atoms with E-state index in [0.717, 1.165) is 35.4 Å². The highest BCUT2D eigenvalue weighted by atomic mass is 79.9. The number of nitrogen functional groups attached to an aromatic ring is 1. The second kappa shape index (κ2) is 4.45. The highest BCUT2D eigenvalue weighted by Gasteiger charge is 2.32. The fraction of sp³-hybridized carbons (Fsp3) is 0.538. The van der Waals surface area contributed by atoms with Gasteiger partial charge in [0, 0.05) is 24.9 Å². The minimum Gasteiger partial charge on any atom is -0.382 e. The second-order valence-corrected chi connectivity index (χ2v) is 6.34. The number of imidazole rings is 1. The molecule has 19 heavy (non-hydrogen) atoms. The normalized spacial score (nSPS) is 22.8. The van der Waals surface area contributed by atoms with Crippen molar-refractivity contribution in [3.8, 4) is 0 Å². The Bertz CT molecular complexity index is 622. The molecule has 0 bridgehead atoms. The van der Waals surface area contributed by atoms with Gasteiger partial charge in [-0.05, 0) is 42.6 Å². The van der Waals surface area contributed by atoms with Gasteiger partial charge in [-0.15, -0.1) is 0 Å². The molecule has 1 unspecified atom stereocenters. The maximum absolute atomic E-state index is 5.93. The zero-order valence-electron chi connectivity index (χ0n) is 11.1. The Kier molecular flexibility index (Phi) is 3.02. The SMILES string of the molecule is CC1(C)CC(c2nc(Br)c3c(N)nccn23)CCO1. The van der Waals surface area contributed by atoms with Crippen molar-refractivity contribution >= 4 is 27.3 Å². The van der Waals surface area contributed by atoms with Crippen LogP contribution in [-0.4, -0.2) is 26.6 Å². The van der Waals surface area contributed by atoms with Crippen LogP contribution in [-0.2, 0) is 4.74 Å². The molecule has 2 aromatic heterocycles. The number of aromatic nitrogens is 3. The van der Waals surface area contributed by atoms with E-state index < -0.39 is 0 Å². The van der Waals surface area contributed by atoms with Crippen molar-refractivity contribution in [1.29, 1.82) is 0 Å². The number of ether oxygens (including phenoxy) is 1. The lowest BCUT2D eigenvalue weighted by atomic mass is 9.88. The Hall–Kier alpha value is -1.14. The van der Waals surface area contributed by atoms with Gasteiger partial charge >= 0.3 is 0 Å². The molecule has 1 fully saturated rings. The summed E-state index contributed by atoms with van der Waals surface area (Å²) in [6, 6.07) is 0. The molecule has 0 aromatic carbocycles. The fourth-order valence-corrected chi connectivity index (χ4v) is 3.36. The van der Waals surface area contributed by atoms with Crippen LogP contribution in [0.3, 0.4) is 0 Å². The summed E-state index contributed by atoms with van der Waals surface area (Å²) in [7, 11) is 0. The first kappa shape index (κ1) is 12.9. The molecule has 0 radical (unpaired) electrons. The van der Waals surface area contributed by atoms with E-state index in [0.29, 0.717) is 11.7 Å². The van der Waals surface area contributed by atoms with Crippen LogP contribution in [0.1, 0.15) is 38.4 Å². The van der Waals surface area contributed by atoms with Gasteiger partial charge in [0.2, 0.25) is 0 Å². The van der Waals surface area contributed by atoms with Gasteiger partial charge in [0.15, 0.2) is 5.82 Å². The lowest BCUT2D eigenvalue weighted by Gasteiger charge is -2.34. The molecule has 1 aliphatic rings. The summed E-state index contributed by atoms with van der Waals surface area (Å²) in [5.41, 5.74) is 6.68. The highest BCUT2D eigenvalue weighted by molar-refractivity contribution is 9.10. The summed E-state index contributed by atoms with van der Waals surface area (Å²) in [6.07, 6.45) is 5.57. The first-order valence-corrected chi connectivity index (χ1v) is 7.19. The minimum atomic E-state index is -0.0974. The Morgan fingerprint density at radius 1 is 1.53 bits per heavy atom. The molecule has 3 heterocycles. The van der Waals surface area contributed by atoms with E-state index in [2.05, 4.69) is 39.7 Å². The van der Waals surface area contributed by atoms with Crippen LogP contribution in [0, 0.1) is 0 Å². The fourth-order valence-electron chi connectivity index (χ4n) is 2.78. The summed E-state index contributed by atoms with van der Waals surface area (Å²) in [4.78, 5) is 8.76. The van der Waals surface area contributed by atoms with Gasteiger partial charge < -0.3 is 10.5 Å². The predicted molar refractivity (Wildman–Crippen MR) is 77.1 cm³/mol. The number of anilines is 1. The molecule has 1 saturated heterocycles. The maximum atomic E-state index is 5.93. The molecule has 3 rings (SSSR count). The molecule has 0 aliphatic carbocycles. The average molecular weight is 325 g/mol. The lowest BCUT2D eigenvalue weighted by Crippen LogP contribution is -2.33. The topological polar surface area (TPSA) is 65.4 Å². The molecular weight excluding hydrogens is 308 g/mol. The first-order valence-electron chi connectivity index (χ1n) is 6.40. The van der Waals surface area contributed by atoms with Gasteiger partial charge in [-0.25, -0.2) is 9.97 Å². The molecule has 102 valence electrons. The van der Waals surface area contributed by atoms with Gasteiger partial charge in [0.05, 0.1) is 5.60 Å². The lowest BCUT2D eigenvalue weighted by molar-refractivity contribution is -0.0603. The standard InChI is InChI=1S/C13H17BrN4O/c1-13(2)7-8(3-6-19-13)12-17-10(14)9-11(15)16-4-5-18(9)12/h4-5,8H,3,6-7H2,1-2H3,(H2,15,16). The van der Waals surface area contributed by atoms with Crippen LogP contribution in [0.4, 0.5) is 5.82 Å². The third kappa shape index (κ3) is 2.23. The zero-order chi connectivity index (χ0) is 13.6. The van der Waals surface area contributed by atoms with E-state index in [9.17, 15) is 0 Å². The number of hydrogen-bond donors (Lipinski definition) is 1. The van der Waals surface area contributed by atoms with Crippen molar-refractivity contribution in [2.45, 2.75) is 38.2 Å². The molecule has 6 heteroatoms. The number of nitrogens with two attached hydrogens (primary N) is 1. The monoisotopic (exact) mass is 324 g/mol. The molecule has 5 nitrogen and oxygen atoms in total. The van der Waals surface area contributed by atoms with Gasteiger partial charge in [-0.3, -0.25) is 4.40 Å². The van der Waals surface area contributed by atoms with Crippen molar-refractivity contribution in [2.75, 3.05) is 12.3 Å². The van der Waals surface area contributed by atoms with E-state index >= 15 is 0 Å². The molecule has 2 N–H and O–H groups in total. The third-order valence-corrected chi connectivity index (χ3v) is 4.18. The van der Waals surface area contributed by atoms with Crippen molar-refractivity contribution < 1.29 is 4.74 Å². The average Bonchev–Trinajstić information content (AvgIpc) is 2.67. The zero-order valence-corrected chi connectivity index (χ0v) is 12.6. The van der Waals surface area contributed by atoms with Crippen LogP contribution in [0.25, 0.3) is 5.52 Å². The van der Waals surface area contributed by atoms with Crippen molar-refractivity contribution in [1.82, 2.24) is 14.4 Å².